The number of anilines is 1. The first-order valence-corrected chi connectivity index (χ1v) is 16.6. The summed E-state index contributed by atoms with van der Waals surface area (Å²) in [7, 11) is 0. The number of imidazole rings is 1. The first-order chi connectivity index (χ1) is 22.6. The van der Waals surface area contributed by atoms with Crippen LogP contribution in [-0.4, -0.2) is 55.7 Å². The Labute approximate surface area is 278 Å². The van der Waals surface area contributed by atoms with Crippen LogP contribution in [0.3, 0.4) is 0 Å². The maximum atomic E-state index is 14.2. The van der Waals surface area contributed by atoms with Crippen LogP contribution in [0.4, 0.5) is 10.2 Å². The predicted octanol–water partition coefficient (Wildman–Crippen LogP) is 5.56. The molecule has 3 saturated carbocycles. The molecule has 1 aliphatic heterocycles. The number of aromatic nitrogens is 4. The number of carbonyl (C=O) groups excluding carboxylic acids is 3. The van der Waals surface area contributed by atoms with Crippen molar-refractivity contribution in [3.63, 3.8) is 0 Å². The third-order valence-corrected chi connectivity index (χ3v) is 10.5. The average molecular weight is 666 g/mol. The number of fused-ring (bicyclic) bond motifs is 4. The molecule has 7 rings (SSSR count). The summed E-state index contributed by atoms with van der Waals surface area (Å²) in [4.78, 5) is 50.9. The highest BCUT2D eigenvalue weighted by Gasteiger charge is 2.53. The molecule has 258 valence electrons. The van der Waals surface area contributed by atoms with Crippen molar-refractivity contribution in [3.8, 4) is 5.75 Å². The highest BCUT2D eigenvalue weighted by molar-refractivity contribution is 5.81. The second-order valence-electron chi connectivity index (χ2n) is 14.7. The van der Waals surface area contributed by atoms with Gasteiger partial charge in [-0.1, -0.05) is 19.9 Å². The van der Waals surface area contributed by atoms with E-state index in [4.69, 9.17) is 24.7 Å². The van der Waals surface area contributed by atoms with Gasteiger partial charge in [0, 0.05) is 24.3 Å². The van der Waals surface area contributed by atoms with Gasteiger partial charge in [-0.2, -0.15) is 14.4 Å². The maximum Gasteiger partial charge on any atom is 0.312 e. The van der Waals surface area contributed by atoms with Crippen molar-refractivity contribution in [2.24, 2.45) is 11.3 Å². The molecule has 0 amide bonds. The number of halogens is 1. The monoisotopic (exact) mass is 665 g/mol. The van der Waals surface area contributed by atoms with Gasteiger partial charge in [0.05, 0.1) is 18.2 Å². The molecule has 0 unspecified atom stereocenters. The lowest BCUT2D eigenvalue weighted by molar-refractivity contribution is -0.185. The second kappa shape index (κ2) is 12.4. The van der Waals surface area contributed by atoms with E-state index in [1.807, 2.05) is 33.8 Å². The molecule has 4 fully saturated rings. The van der Waals surface area contributed by atoms with Crippen LogP contribution in [0.25, 0.3) is 11.2 Å². The lowest BCUT2D eigenvalue weighted by Gasteiger charge is -2.45. The van der Waals surface area contributed by atoms with Crippen molar-refractivity contribution in [1.82, 2.24) is 19.5 Å². The Morgan fingerprint density at radius 3 is 2.48 bits per heavy atom. The summed E-state index contributed by atoms with van der Waals surface area (Å²) in [5, 5.41) is 0. The van der Waals surface area contributed by atoms with Gasteiger partial charge in [-0.25, -0.2) is 4.98 Å². The normalized spacial score (nSPS) is 26.9. The number of rotatable bonds is 9. The van der Waals surface area contributed by atoms with Crippen LogP contribution in [0, 0.1) is 31.3 Å². The van der Waals surface area contributed by atoms with Crippen molar-refractivity contribution in [2.75, 3.05) is 12.3 Å². The smallest absolute Gasteiger partial charge is 0.312 e. The molecule has 1 aromatic carbocycles. The maximum absolute atomic E-state index is 14.2. The number of hydrogen-bond acceptors (Lipinski definition) is 11. The van der Waals surface area contributed by atoms with Crippen LogP contribution in [0.1, 0.15) is 102 Å². The molecule has 12 nitrogen and oxygen atoms in total. The van der Waals surface area contributed by atoms with Crippen molar-refractivity contribution in [1.29, 1.82) is 0 Å². The van der Waals surface area contributed by atoms with Crippen molar-refractivity contribution >= 4 is 34.9 Å². The molecule has 1 saturated heterocycles. The van der Waals surface area contributed by atoms with E-state index in [-0.39, 0.29) is 42.4 Å². The zero-order valence-electron chi connectivity index (χ0n) is 28.4. The van der Waals surface area contributed by atoms with Crippen molar-refractivity contribution < 1.29 is 37.7 Å². The molecule has 3 heterocycles. The highest BCUT2D eigenvalue weighted by Crippen LogP contribution is 2.52. The Kier molecular flexibility index (Phi) is 8.72. The van der Waals surface area contributed by atoms with E-state index >= 15 is 0 Å². The SMILES string of the molecule is CC(=O)Oc1cc(C)cc(C)c1C(C)(C)CC(=O)OC[C@@]1(C)O[C@@H](n2cnc3c(N)nc(F)nc32)C[C@@H]1OC(=O)C12CCC(CC1)CC2. The molecule has 3 aliphatic carbocycles. The molecule has 0 spiro atoms. The summed E-state index contributed by atoms with van der Waals surface area (Å²) in [6.45, 7) is 10.5. The van der Waals surface area contributed by atoms with Crippen molar-refractivity contribution in [2.45, 2.75) is 116 Å². The summed E-state index contributed by atoms with van der Waals surface area (Å²) in [5.41, 5.74) is 6.26. The number of nitrogens with zero attached hydrogens (tertiary/aromatic N) is 4. The quantitative estimate of drug-likeness (QED) is 0.173. The van der Waals surface area contributed by atoms with Crippen molar-refractivity contribution in [3.05, 3.63) is 41.2 Å². The predicted molar refractivity (Wildman–Crippen MR) is 172 cm³/mol. The van der Waals surface area contributed by atoms with Gasteiger partial charge in [0.15, 0.2) is 17.0 Å². The van der Waals surface area contributed by atoms with E-state index in [2.05, 4.69) is 15.0 Å². The summed E-state index contributed by atoms with van der Waals surface area (Å²) in [6.07, 6.45) is 4.45. The van der Waals surface area contributed by atoms with Gasteiger partial charge < -0.3 is 24.7 Å². The van der Waals surface area contributed by atoms with E-state index in [1.165, 1.54) is 17.8 Å². The van der Waals surface area contributed by atoms with E-state index in [0.717, 1.165) is 55.2 Å². The first kappa shape index (κ1) is 33.8. The standard InChI is InChI=1S/C35H44FN5O7/c1-19-13-20(2)27(23(14-19)46-21(3)42)33(4,5)16-26(43)45-17-34(6)24(47-31(44)35-10-7-22(8-11-35)9-12-35)15-25(48-34)41-18-38-28-29(37)39-32(36)40-30(28)41/h13-14,18,22,24-25H,7-12,15-17H2,1-6H3,(H2,37,39,40)/t22?,24-,25+,34+,35?/m0/s1. The third kappa shape index (κ3) is 6.36. The molecule has 0 radical (unpaired) electrons. The molecular formula is C35H44FN5O7. The molecule has 4 aliphatic rings. The average Bonchev–Trinajstić information content (AvgIpc) is 3.57. The highest BCUT2D eigenvalue weighted by atomic mass is 19.1. The second-order valence-corrected chi connectivity index (χ2v) is 14.7. The van der Waals surface area contributed by atoms with E-state index in [9.17, 15) is 18.8 Å². The molecular weight excluding hydrogens is 621 g/mol. The molecule has 3 atom stereocenters. The van der Waals surface area contributed by atoms with Crippen LogP contribution in [0.5, 0.6) is 5.75 Å². The van der Waals surface area contributed by atoms with Crippen LogP contribution in [0.2, 0.25) is 0 Å². The summed E-state index contributed by atoms with van der Waals surface area (Å²) in [6, 6.07) is 3.76. The van der Waals surface area contributed by atoms with E-state index in [1.54, 1.807) is 13.0 Å². The molecule has 2 N–H and O–H groups in total. The van der Waals surface area contributed by atoms with Gasteiger partial charge in [0.1, 0.15) is 30.3 Å². The number of aryl methyl sites for hydroxylation is 2. The minimum Gasteiger partial charge on any atom is -0.462 e. The molecule has 2 aromatic heterocycles. The molecule has 3 aromatic rings. The minimum atomic E-state index is -1.25. The number of ether oxygens (including phenoxy) is 4. The van der Waals surface area contributed by atoms with Gasteiger partial charge in [0.25, 0.3) is 0 Å². The van der Waals surface area contributed by atoms with E-state index in [0.29, 0.717) is 11.7 Å². The summed E-state index contributed by atoms with van der Waals surface area (Å²) >= 11 is 0. The Morgan fingerprint density at radius 1 is 1.12 bits per heavy atom. The topological polar surface area (TPSA) is 158 Å². The molecule has 13 heteroatoms. The molecule has 2 bridgehead atoms. The summed E-state index contributed by atoms with van der Waals surface area (Å²) < 4.78 is 39.9. The number of nitrogen functional groups attached to an aromatic ring is 1. The molecule has 48 heavy (non-hydrogen) atoms. The Morgan fingerprint density at radius 2 is 1.81 bits per heavy atom. The van der Waals surface area contributed by atoms with Gasteiger partial charge in [-0.15, -0.1) is 0 Å². The fraction of sp³-hybridized carbons (Fsp3) is 0.600. The largest absolute Gasteiger partial charge is 0.462 e. The fourth-order valence-electron chi connectivity index (χ4n) is 8.02. The summed E-state index contributed by atoms with van der Waals surface area (Å²) in [5.74, 6) is -0.246. The van der Waals surface area contributed by atoms with Gasteiger partial charge in [0.2, 0.25) is 0 Å². The zero-order valence-corrected chi connectivity index (χ0v) is 28.4. The number of hydrogen-bond donors (Lipinski definition) is 1. The lowest BCUT2D eigenvalue weighted by Crippen LogP contribution is -2.48. The fourth-order valence-corrected chi connectivity index (χ4v) is 8.02. The van der Waals surface area contributed by atoms with Crippen LogP contribution < -0.4 is 10.5 Å². The number of esters is 3. The van der Waals surface area contributed by atoms with Gasteiger partial charge in [-0.05, 0) is 82.4 Å². The third-order valence-electron chi connectivity index (χ3n) is 10.5. The van der Waals surface area contributed by atoms with Gasteiger partial charge in [-0.3, -0.25) is 19.0 Å². The minimum absolute atomic E-state index is 0.0267. The number of carbonyl (C=O) groups is 3. The van der Waals surface area contributed by atoms with E-state index < -0.39 is 46.8 Å². The van der Waals surface area contributed by atoms with Crippen LogP contribution in [0.15, 0.2) is 18.5 Å². The first-order valence-electron chi connectivity index (χ1n) is 16.6. The number of benzene rings is 1. The van der Waals surface area contributed by atoms with Crippen LogP contribution >= 0.6 is 0 Å². The van der Waals surface area contributed by atoms with Crippen LogP contribution in [-0.2, 0) is 34.0 Å². The Balaban J connectivity index is 1.23. The Bertz CT molecular complexity index is 1750. The zero-order chi connectivity index (χ0) is 34.6. The Hall–Kier alpha value is -4.13. The van der Waals surface area contributed by atoms with Gasteiger partial charge >= 0.3 is 24.0 Å². The number of nitrogens with two attached hydrogens (primary N) is 1. The lowest BCUT2D eigenvalue weighted by atomic mass is 9.61.